The van der Waals surface area contributed by atoms with E-state index in [9.17, 15) is 19.7 Å². The van der Waals surface area contributed by atoms with Gasteiger partial charge in [-0.2, -0.15) is 0 Å². The highest BCUT2D eigenvalue weighted by Crippen LogP contribution is 2.17. The topological polar surface area (TPSA) is 110 Å². The van der Waals surface area contributed by atoms with Gasteiger partial charge in [-0.05, 0) is 30.9 Å². The summed E-state index contributed by atoms with van der Waals surface area (Å²) in [5, 5.41) is 22.5. The molecule has 0 aromatic heterocycles. The lowest BCUT2D eigenvalue weighted by atomic mass is 9.97. The highest BCUT2D eigenvalue weighted by Gasteiger charge is 2.20. The Bertz CT molecular complexity index is 583. The number of aliphatic carboxylic acids is 1. The number of carbonyl (C=O) groups is 2. The summed E-state index contributed by atoms with van der Waals surface area (Å²) in [5.41, 5.74) is 0.582. The molecule has 1 atom stereocenters. The van der Waals surface area contributed by atoms with Gasteiger partial charge in [0.05, 0.1) is 10.8 Å². The first-order valence-corrected chi connectivity index (χ1v) is 6.97. The first-order valence-electron chi connectivity index (χ1n) is 6.97. The summed E-state index contributed by atoms with van der Waals surface area (Å²) >= 11 is 0. The Hall–Kier alpha value is -2.44. The van der Waals surface area contributed by atoms with Crippen molar-refractivity contribution in [2.75, 3.05) is 6.54 Å². The SMILES string of the molecule is Cc1cc(C(=O)NCC(CC(C)C)C(=O)O)cc([N+](=O)[O-])c1. The molecule has 0 fully saturated rings. The van der Waals surface area contributed by atoms with Crippen molar-refractivity contribution < 1.29 is 19.6 Å². The number of non-ortho nitro benzene ring substituents is 1. The lowest BCUT2D eigenvalue weighted by molar-refractivity contribution is -0.384. The second-order valence-corrected chi connectivity index (χ2v) is 5.69. The summed E-state index contributed by atoms with van der Waals surface area (Å²) in [7, 11) is 0. The lowest BCUT2D eigenvalue weighted by Gasteiger charge is -2.15. The number of aryl methyl sites for hydroxylation is 1. The molecule has 0 aliphatic rings. The Morgan fingerprint density at radius 3 is 2.45 bits per heavy atom. The van der Waals surface area contributed by atoms with Crippen LogP contribution in [-0.4, -0.2) is 28.5 Å². The van der Waals surface area contributed by atoms with E-state index in [1.165, 1.54) is 18.2 Å². The second-order valence-electron chi connectivity index (χ2n) is 5.69. The zero-order valence-electron chi connectivity index (χ0n) is 12.8. The Morgan fingerprint density at radius 2 is 1.95 bits per heavy atom. The summed E-state index contributed by atoms with van der Waals surface area (Å²) in [6, 6.07) is 4.08. The van der Waals surface area contributed by atoms with Gasteiger partial charge in [-0.25, -0.2) is 0 Å². The maximum atomic E-state index is 12.1. The molecule has 1 aromatic carbocycles. The third-order valence-corrected chi connectivity index (χ3v) is 3.15. The van der Waals surface area contributed by atoms with E-state index < -0.39 is 22.7 Å². The first kappa shape index (κ1) is 17.6. The van der Waals surface area contributed by atoms with E-state index in [0.29, 0.717) is 12.0 Å². The fraction of sp³-hybridized carbons (Fsp3) is 0.467. The van der Waals surface area contributed by atoms with Gasteiger partial charge in [0.2, 0.25) is 0 Å². The number of nitro benzene ring substituents is 1. The van der Waals surface area contributed by atoms with Crippen molar-refractivity contribution >= 4 is 17.6 Å². The molecule has 0 heterocycles. The molecule has 22 heavy (non-hydrogen) atoms. The van der Waals surface area contributed by atoms with Crippen molar-refractivity contribution in [3.05, 3.63) is 39.4 Å². The monoisotopic (exact) mass is 308 g/mol. The molecular weight excluding hydrogens is 288 g/mol. The summed E-state index contributed by atoms with van der Waals surface area (Å²) in [5.74, 6) is -1.96. The molecule has 1 unspecified atom stereocenters. The number of hydrogen-bond donors (Lipinski definition) is 2. The number of hydrogen-bond acceptors (Lipinski definition) is 4. The number of rotatable bonds is 7. The minimum atomic E-state index is -0.968. The quantitative estimate of drug-likeness (QED) is 0.593. The van der Waals surface area contributed by atoms with Gasteiger partial charge in [-0.1, -0.05) is 13.8 Å². The fourth-order valence-corrected chi connectivity index (χ4v) is 2.16. The first-order chi connectivity index (χ1) is 10.2. The lowest BCUT2D eigenvalue weighted by Crippen LogP contribution is -2.33. The molecule has 0 bridgehead atoms. The van der Waals surface area contributed by atoms with Gasteiger partial charge in [-0.3, -0.25) is 19.7 Å². The van der Waals surface area contributed by atoms with Crippen LogP contribution in [0, 0.1) is 28.9 Å². The van der Waals surface area contributed by atoms with Gasteiger partial charge in [0, 0.05) is 24.2 Å². The minimum Gasteiger partial charge on any atom is -0.481 e. The van der Waals surface area contributed by atoms with E-state index in [2.05, 4.69) is 5.32 Å². The van der Waals surface area contributed by atoms with Crippen LogP contribution in [0.1, 0.15) is 36.2 Å². The fourth-order valence-electron chi connectivity index (χ4n) is 2.16. The predicted molar refractivity (Wildman–Crippen MR) is 80.7 cm³/mol. The molecular formula is C15H20N2O5. The number of carboxylic acids is 1. The van der Waals surface area contributed by atoms with Crippen LogP contribution < -0.4 is 5.32 Å². The molecule has 0 spiro atoms. The van der Waals surface area contributed by atoms with Crippen molar-refractivity contribution in [3.63, 3.8) is 0 Å². The Labute approximate surface area is 128 Å². The number of nitrogens with zero attached hydrogens (tertiary/aromatic N) is 1. The molecule has 7 heteroatoms. The molecule has 0 saturated heterocycles. The smallest absolute Gasteiger partial charge is 0.308 e. The van der Waals surface area contributed by atoms with Crippen LogP contribution in [0.4, 0.5) is 5.69 Å². The molecule has 7 nitrogen and oxygen atoms in total. The number of benzene rings is 1. The Balaban J connectivity index is 2.80. The van der Waals surface area contributed by atoms with Gasteiger partial charge in [0.1, 0.15) is 0 Å². The van der Waals surface area contributed by atoms with Crippen LogP contribution in [0.15, 0.2) is 18.2 Å². The van der Waals surface area contributed by atoms with E-state index in [-0.39, 0.29) is 23.7 Å². The van der Waals surface area contributed by atoms with Gasteiger partial charge in [-0.15, -0.1) is 0 Å². The van der Waals surface area contributed by atoms with Crippen LogP contribution in [0.5, 0.6) is 0 Å². The van der Waals surface area contributed by atoms with Crippen LogP contribution >= 0.6 is 0 Å². The van der Waals surface area contributed by atoms with Crippen LogP contribution in [-0.2, 0) is 4.79 Å². The molecule has 0 radical (unpaired) electrons. The molecule has 0 saturated carbocycles. The largest absolute Gasteiger partial charge is 0.481 e. The zero-order chi connectivity index (χ0) is 16.9. The number of carbonyl (C=O) groups excluding carboxylic acids is 1. The molecule has 0 aliphatic carbocycles. The van der Waals surface area contributed by atoms with Gasteiger partial charge in [0.15, 0.2) is 0 Å². The van der Waals surface area contributed by atoms with E-state index in [0.717, 1.165) is 0 Å². The Kier molecular flexibility index (Phi) is 6.03. The number of amides is 1. The maximum absolute atomic E-state index is 12.1. The van der Waals surface area contributed by atoms with Gasteiger partial charge in [0.25, 0.3) is 11.6 Å². The number of nitro groups is 1. The number of carboxylic acid groups (broad SMARTS) is 1. The molecule has 2 N–H and O–H groups in total. The normalized spacial score (nSPS) is 12.0. The van der Waals surface area contributed by atoms with Crippen molar-refractivity contribution in [1.82, 2.24) is 5.32 Å². The van der Waals surface area contributed by atoms with Crippen molar-refractivity contribution in [3.8, 4) is 0 Å². The molecule has 0 aliphatic heterocycles. The summed E-state index contributed by atoms with van der Waals surface area (Å²) in [4.78, 5) is 33.4. The zero-order valence-corrected chi connectivity index (χ0v) is 12.8. The highest BCUT2D eigenvalue weighted by atomic mass is 16.6. The van der Waals surface area contributed by atoms with Crippen molar-refractivity contribution in [2.24, 2.45) is 11.8 Å². The molecule has 1 aromatic rings. The maximum Gasteiger partial charge on any atom is 0.308 e. The van der Waals surface area contributed by atoms with E-state index in [1.807, 2.05) is 13.8 Å². The van der Waals surface area contributed by atoms with Gasteiger partial charge < -0.3 is 10.4 Å². The molecule has 1 rings (SSSR count). The van der Waals surface area contributed by atoms with Crippen LogP contribution in [0.3, 0.4) is 0 Å². The van der Waals surface area contributed by atoms with Crippen LogP contribution in [0.25, 0.3) is 0 Å². The minimum absolute atomic E-state index is 0.00587. The third-order valence-electron chi connectivity index (χ3n) is 3.15. The van der Waals surface area contributed by atoms with E-state index >= 15 is 0 Å². The highest BCUT2D eigenvalue weighted by molar-refractivity contribution is 5.95. The Morgan fingerprint density at radius 1 is 1.32 bits per heavy atom. The average Bonchev–Trinajstić information content (AvgIpc) is 2.41. The summed E-state index contributed by atoms with van der Waals surface area (Å²) < 4.78 is 0. The summed E-state index contributed by atoms with van der Waals surface area (Å²) in [6.45, 7) is 5.46. The summed E-state index contributed by atoms with van der Waals surface area (Å²) in [6.07, 6.45) is 0.448. The molecule has 1 amide bonds. The predicted octanol–water partition coefficient (Wildman–Crippen LogP) is 2.38. The average molecular weight is 308 g/mol. The standard InChI is InChI=1S/C15H20N2O5/c1-9(2)4-12(15(19)20)8-16-14(18)11-5-10(3)6-13(7-11)17(21)22/h5-7,9,12H,4,8H2,1-3H3,(H,16,18)(H,19,20). The number of nitrogens with one attached hydrogen (secondary N) is 1. The van der Waals surface area contributed by atoms with Crippen molar-refractivity contribution in [1.29, 1.82) is 0 Å². The van der Waals surface area contributed by atoms with Gasteiger partial charge >= 0.3 is 5.97 Å². The van der Waals surface area contributed by atoms with E-state index in [1.54, 1.807) is 6.92 Å². The molecule has 120 valence electrons. The third kappa shape index (κ3) is 5.16. The van der Waals surface area contributed by atoms with Crippen LogP contribution in [0.2, 0.25) is 0 Å². The van der Waals surface area contributed by atoms with E-state index in [4.69, 9.17) is 5.11 Å². The van der Waals surface area contributed by atoms with Crippen molar-refractivity contribution in [2.45, 2.75) is 27.2 Å². The second kappa shape index (κ2) is 7.53.